The molecule has 0 bridgehead atoms. The molecule has 0 aliphatic rings. The van der Waals surface area contributed by atoms with Gasteiger partial charge in [-0.05, 0) is 35.6 Å². The van der Waals surface area contributed by atoms with Gasteiger partial charge in [0.1, 0.15) is 23.5 Å². The SMILES string of the molecule is BC(B)(B)n1c(=O)cc(Sc2ccc(Br)cc2)c2ccccc21. The predicted octanol–water partition coefficient (Wildman–Crippen LogP) is 1.38. The summed E-state index contributed by atoms with van der Waals surface area (Å²) in [5.74, 6) is 0. The molecule has 0 N–H and O–H groups in total. The zero-order chi connectivity index (χ0) is 16.6. The third kappa shape index (κ3) is 3.46. The quantitative estimate of drug-likeness (QED) is 0.640. The summed E-state index contributed by atoms with van der Waals surface area (Å²) in [6, 6.07) is 18.0. The molecule has 23 heavy (non-hydrogen) atoms. The highest BCUT2D eigenvalue weighted by Gasteiger charge is 2.19. The Balaban J connectivity index is 2.19. The highest BCUT2D eigenvalue weighted by Crippen LogP contribution is 2.33. The van der Waals surface area contributed by atoms with Crippen LogP contribution in [0.4, 0.5) is 0 Å². The Hall–Kier alpha value is -1.33. The first-order valence-electron chi connectivity index (χ1n) is 7.45. The van der Waals surface area contributed by atoms with Crippen LogP contribution in [0.15, 0.2) is 73.7 Å². The lowest BCUT2D eigenvalue weighted by Crippen LogP contribution is -2.42. The number of fused-ring (bicyclic) bond motifs is 1. The largest absolute Gasteiger partial charge is 0.326 e. The van der Waals surface area contributed by atoms with Crippen molar-refractivity contribution in [3.8, 4) is 0 Å². The summed E-state index contributed by atoms with van der Waals surface area (Å²) in [7, 11) is 6.17. The van der Waals surface area contributed by atoms with Crippen molar-refractivity contribution in [3.05, 3.63) is 69.4 Å². The third-order valence-electron chi connectivity index (χ3n) is 3.60. The molecule has 112 valence electrons. The lowest BCUT2D eigenvalue weighted by Gasteiger charge is -2.25. The van der Waals surface area contributed by atoms with Gasteiger partial charge in [0.15, 0.2) is 0 Å². The van der Waals surface area contributed by atoms with Crippen LogP contribution in [0.3, 0.4) is 0 Å². The van der Waals surface area contributed by atoms with Crippen molar-refractivity contribution in [3.63, 3.8) is 0 Å². The maximum atomic E-state index is 12.7. The molecule has 0 aliphatic carbocycles. The summed E-state index contributed by atoms with van der Waals surface area (Å²) in [6.45, 7) is 0. The monoisotopic (exact) mass is 381 g/mol. The molecule has 0 aliphatic heterocycles. The van der Waals surface area contributed by atoms with Gasteiger partial charge in [-0.2, -0.15) is 0 Å². The van der Waals surface area contributed by atoms with Gasteiger partial charge in [-0.15, -0.1) is 0 Å². The minimum Gasteiger partial charge on any atom is -0.326 e. The molecule has 0 fully saturated rings. The summed E-state index contributed by atoms with van der Waals surface area (Å²) in [5.41, 5.74) is 1.02. The van der Waals surface area contributed by atoms with E-state index in [4.69, 9.17) is 0 Å². The van der Waals surface area contributed by atoms with E-state index in [9.17, 15) is 4.79 Å². The summed E-state index contributed by atoms with van der Waals surface area (Å²) >= 11 is 5.08. The van der Waals surface area contributed by atoms with Gasteiger partial charge in [-0.1, -0.05) is 45.9 Å². The second-order valence-corrected chi connectivity index (χ2v) is 8.46. The number of nitrogens with zero attached hydrogens (tertiary/aromatic N) is 1. The van der Waals surface area contributed by atoms with Crippen molar-refractivity contribution in [2.75, 3.05) is 0 Å². The number of aromatic nitrogens is 1. The van der Waals surface area contributed by atoms with Gasteiger partial charge in [0.25, 0.3) is 5.56 Å². The predicted molar refractivity (Wildman–Crippen MR) is 110 cm³/mol. The van der Waals surface area contributed by atoms with E-state index in [0.717, 1.165) is 25.2 Å². The van der Waals surface area contributed by atoms with Crippen LogP contribution in [0.25, 0.3) is 10.9 Å². The van der Waals surface area contributed by atoms with Crippen molar-refractivity contribution in [2.24, 2.45) is 0 Å². The Labute approximate surface area is 151 Å². The van der Waals surface area contributed by atoms with Crippen LogP contribution in [0.1, 0.15) is 0 Å². The Morgan fingerprint density at radius 3 is 2.30 bits per heavy atom. The first-order valence-corrected chi connectivity index (χ1v) is 9.06. The second-order valence-electron chi connectivity index (χ2n) is 6.43. The van der Waals surface area contributed by atoms with E-state index < -0.39 is 0 Å². The zero-order valence-electron chi connectivity index (χ0n) is 13.3. The second kappa shape index (κ2) is 6.29. The van der Waals surface area contributed by atoms with Crippen molar-refractivity contribution >= 4 is 62.1 Å². The lowest BCUT2D eigenvalue weighted by molar-refractivity contribution is 0.776. The molecule has 0 saturated carbocycles. The summed E-state index contributed by atoms with van der Waals surface area (Å²) in [5, 5.41) is 0.854. The van der Waals surface area contributed by atoms with E-state index in [2.05, 4.69) is 57.7 Å². The molecule has 2 nitrogen and oxygen atoms in total. The molecule has 1 heterocycles. The number of benzene rings is 2. The van der Waals surface area contributed by atoms with E-state index in [1.54, 1.807) is 17.8 Å². The fourth-order valence-corrected chi connectivity index (χ4v) is 3.89. The topological polar surface area (TPSA) is 22.0 Å². The standard InChI is InChI=1S/C16H15B3BrNOS/c17-16(18,19)21-13-4-2-1-3-12(13)14(9-15(21)22)23-11-7-5-10(20)6-8-11/h1-9H,17-19H2. The minimum atomic E-state index is -0.252. The van der Waals surface area contributed by atoms with E-state index in [0.29, 0.717) is 0 Å². The first-order chi connectivity index (χ1) is 10.9. The van der Waals surface area contributed by atoms with Crippen LogP contribution in [0, 0.1) is 0 Å². The fourth-order valence-electron chi connectivity index (χ4n) is 2.66. The number of hydrogen-bond acceptors (Lipinski definition) is 2. The molecule has 0 spiro atoms. The molecular weight excluding hydrogens is 367 g/mol. The molecule has 3 rings (SSSR count). The molecule has 2 aromatic carbocycles. The number of para-hydroxylation sites is 1. The molecule has 1 aromatic heterocycles. The van der Waals surface area contributed by atoms with Gasteiger partial charge in [-0.3, -0.25) is 4.79 Å². The van der Waals surface area contributed by atoms with Gasteiger partial charge in [-0.25, -0.2) is 0 Å². The van der Waals surface area contributed by atoms with Gasteiger partial charge < -0.3 is 4.57 Å². The maximum Gasteiger partial charge on any atom is 0.250 e. The average molecular weight is 382 g/mol. The minimum absolute atomic E-state index is 0.0378. The van der Waals surface area contributed by atoms with Crippen LogP contribution in [0.5, 0.6) is 0 Å². The molecular formula is C16H15B3BrNOS. The number of pyridine rings is 1. The summed E-state index contributed by atoms with van der Waals surface area (Å²) in [4.78, 5) is 14.8. The van der Waals surface area contributed by atoms with Crippen molar-refractivity contribution in [2.45, 2.75) is 15.0 Å². The molecule has 7 heteroatoms. The van der Waals surface area contributed by atoms with Crippen molar-refractivity contribution in [1.29, 1.82) is 0 Å². The number of hydrogen-bond donors (Lipinski definition) is 0. The zero-order valence-corrected chi connectivity index (χ0v) is 15.7. The Kier molecular flexibility index (Phi) is 4.52. The van der Waals surface area contributed by atoms with Crippen molar-refractivity contribution < 1.29 is 0 Å². The highest BCUT2D eigenvalue weighted by atomic mass is 79.9. The van der Waals surface area contributed by atoms with E-state index in [-0.39, 0.29) is 10.8 Å². The Morgan fingerprint density at radius 1 is 1.00 bits per heavy atom. The fraction of sp³-hybridized carbons (Fsp3) is 0.0625. The smallest absolute Gasteiger partial charge is 0.250 e. The van der Waals surface area contributed by atoms with Crippen molar-refractivity contribution in [1.82, 2.24) is 4.57 Å². The summed E-state index contributed by atoms with van der Waals surface area (Å²) in [6.07, 6.45) is 0. The van der Waals surface area contributed by atoms with Gasteiger partial charge >= 0.3 is 0 Å². The van der Waals surface area contributed by atoms with Gasteiger partial charge in [0, 0.05) is 25.7 Å². The van der Waals surface area contributed by atoms with Crippen LogP contribution in [-0.2, 0) is 5.24 Å². The summed E-state index contributed by atoms with van der Waals surface area (Å²) < 4.78 is 2.92. The normalized spacial score (nSPS) is 11.7. The average Bonchev–Trinajstić information content (AvgIpc) is 2.48. The Morgan fingerprint density at radius 2 is 1.65 bits per heavy atom. The van der Waals surface area contributed by atoms with E-state index >= 15 is 0 Å². The molecule has 0 unspecified atom stereocenters. The third-order valence-corrected chi connectivity index (χ3v) is 5.19. The molecule has 0 saturated heterocycles. The van der Waals surface area contributed by atoms with E-state index in [1.807, 2.05) is 34.9 Å². The Bertz CT molecular complexity index is 919. The van der Waals surface area contributed by atoms with Crippen LogP contribution in [-0.4, -0.2) is 28.1 Å². The van der Waals surface area contributed by atoms with Crippen LogP contribution in [0.2, 0.25) is 0 Å². The molecule has 0 radical (unpaired) electrons. The van der Waals surface area contributed by atoms with E-state index in [1.165, 1.54) is 0 Å². The highest BCUT2D eigenvalue weighted by molar-refractivity contribution is 9.10. The lowest BCUT2D eigenvalue weighted by atomic mass is 9.49. The number of rotatable bonds is 3. The van der Waals surface area contributed by atoms with Crippen LogP contribution < -0.4 is 5.56 Å². The first kappa shape index (κ1) is 16.5. The van der Waals surface area contributed by atoms with Gasteiger partial charge in [0.05, 0.1) is 5.52 Å². The van der Waals surface area contributed by atoms with Crippen LogP contribution >= 0.6 is 27.7 Å². The number of halogens is 1. The molecule has 0 amide bonds. The van der Waals surface area contributed by atoms with Gasteiger partial charge in [0.2, 0.25) is 0 Å². The molecule has 0 atom stereocenters. The molecule has 3 aromatic rings. The maximum absolute atomic E-state index is 12.7.